The lowest BCUT2D eigenvalue weighted by molar-refractivity contribution is 0.626. The van der Waals surface area contributed by atoms with E-state index in [1.54, 1.807) is 12.1 Å². The van der Waals surface area contributed by atoms with Crippen molar-refractivity contribution in [1.82, 2.24) is 0 Å². The van der Waals surface area contributed by atoms with Crippen LogP contribution in [-0.4, -0.2) is 10.2 Å². The van der Waals surface area contributed by atoms with Gasteiger partial charge >= 0.3 is 0 Å². The lowest BCUT2D eigenvalue weighted by Gasteiger charge is -2.04. The van der Waals surface area contributed by atoms with E-state index < -0.39 is 0 Å². The van der Waals surface area contributed by atoms with Gasteiger partial charge in [0.1, 0.15) is 5.82 Å². The van der Waals surface area contributed by atoms with Gasteiger partial charge in [-0.25, -0.2) is 4.39 Å². The zero-order valence-electron chi connectivity index (χ0n) is 6.07. The third kappa shape index (κ3) is 2.04. The lowest BCUT2D eigenvalue weighted by atomic mass is 10.1. The molecule has 0 amide bonds. The van der Waals surface area contributed by atoms with Crippen LogP contribution in [0.3, 0.4) is 0 Å². The molecular formula is C8H7ClFSi. The number of hydrogen-bond donors (Lipinski definition) is 0. The van der Waals surface area contributed by atoms with Crippen LogP contribution in [0.25, 0.3) is 0 Å². The molecule has 11 heavy (non-hydrogen) atoms. The number of hydrogen-bond acceptors (Lipinski definition) is 0. The number of halogens is 2. The topological polar surface area (TPSA) is 0 Å². The summed E-state index contributed by atoms with van der Waals surface area (Å²) in [6, 6.07) is 4.78. The molecule has 0 aliphatic heterocycles. The average molecular weight is 186 g/mol. The smallest absolute Gasteiger partial charge is 0.142 e. The third-order valence-electron chi connectivity index (χ3n) is 1.44. The Balaban J connectivity index is 3.05. The maximum absolute atomic E-state index is 12.8. The molecule has 0 saturated heterocycles. The third-order valence-corrected chi connectivity index (χ3v) is 2.08. The van der Waals surface area contributed by atoms with Gasteiger partial charge in [0.15, 0.2) is 0 Å². The quantitative estimate of drug-likeness (QED) is 0.591. The van der Waals surface area contributed by atoms with Crippen molar-refractivity contribution in [2.75, 3.05) is 0 Å². The summed E-state index contributed by atoms with van der Waals surface area (Å²) in [5.74, 6) is -0.366. The molecular weight excluding hydrogens is 179 g/mol. The number of benzene rings is 1. The van der Waals surface area contributed by atoms with Crippen LogP contribution in [0.15, 0.2) is 18.2 Å². The summed E-state index contributed by atoms with van der Waals surface area (Å²) in [4.78, 5) is 0. The Morgan fingerprint density at radius 2 is 2.18 bits per heavy atom. The second kappa shape index (κ2) is 3.37. The van der Waals surface area contributed by atoms with Crippen LogP contribution in [0.1, 0.15) is 18.0 Å². The Kier molecular flexibility index (Phi) is 2.68. The molecule has 57 valence electrons. The molecule has 0 nitrogen and oxygen atoms in total. The SMILES string of the molecule is CC([Si])c1ccc(Cl)c(F)c1. The van der Waals surface area contributed by atoms with Gasteiger partial charge in [-0.05, 0) is 23.2 Å². The van der Waals surface area contributed by atoms with Gasteiger partial charge in [-0.1, -0.05) is 24.6 Å². The first-order chi connectivity index (χ1) is 5.11. The van der Waals surface area contributed by atoms with Crippen molar-refractivity contribution in [2.24, 2.45) is 0 Å². The average Bonchev–Trinajstić information content (AvgIpc) is 1.94. The van der Waals surface area contributed by atoms with Crippen molar-refractivity contribution in [1.29, 1.82) is 0 Å². The molecule has 0 spiro atoms. The van der Waals surface area contributed by atoms with Crippen molar-refractivity contribution in [2.45, 2.75) is 12.5 Å². The number of rotatable bonds is 1. The van der Waals surface area contributed by atoms with Crippen molar-refractivity contribution < 1.29 is 4.39 Å². The van der Waals surface area contributed by atoms with E-state index >= 15 is 0 Å². The molecule has 0 aliphatic carbocycles. The Labute approximate surface area is 73.8 Å². The lowest BCUT2D eigenvalue weighted by Crippen LogP contribution is -1.92. The van der Waals surface area contributed by atoms with Crippen LogP contribution in [-0.2, 0) is 0 Å². The highest BCUT2D eigenvalue weighted by molar-refractivity contribution is 6.30. The van der Waals surface area contributed by atoms with E-state index in [0.717, 1.165) is 5.56 Å². The largest absolute Gasteiger partial charge is 0.205 e. The minimum atomic E-state index is -0.366. The highest BCUT2D eigenvalue weighted by atomic mass is 35.5. The van der Waals surface area contributed by atoms with Gasteiger partial charge < -0.3 is 0 Å². The summed E-state index contributed by atoms with van der Waals surface area (Å²) in [5.41, 5.74) is 1.05. The molecule has 0 fully saturated rings. The summed E-state index contributed by atoms with van der Waals surface area (Å²) < 4.78 is 12.8. The molecule has 0 aromatic heterocycles. The Bertz CT molecular complexity index is 260. The zero-order chi connectivity index (χ0) is 8.43. The molecule has 0 bridgehead atoms. The van der Waals surface area contributed by atoms with Gasteiger partial charge in [0.05, 0.1) is 5.02 Å². The molecule has 0 aliphatic rings. The minimum absolute atomic E-state index is 0.154. The van der Waals surface area contributed by atoms with Crippen molar-refractivity contribution in [3.05, 3.63) is 34.6 Å². The first-order valence-electron chi connectivity index (χ1n) is 3.27. The summed E-state index contributed by atoms with van der Waals surface area (Å²) in [5, 5.41) is 0.168. The molecule has 1 aromatic rings. The first-order valence-corrected chi connectivity index (χ1v) is 4.23. The van der Waals surface area contributed by atoms with E-state index in [9.17, 15) is 4.39 Å². The predicted octanol–water partition coefficient (Wildman–Crippen LogP) is 2.71. The summed E-state index contributed by atoms with van der Waals surface area (Å²) in [7, 11) is 3.38. The van der Waals surface area contributed by atoms with Gasteiger partial charge in [-0.15, -0.1) is 0 Å². The van der Waals surface area contributed by atoms with Crippen LogP contribution in [0.2, 0.25) is 5.02 Å². The molecule has 3 heteroatoms. The first kappa shape index (κ1) is 8.75. The van der Waals surface area contributed by atoms with Gasteiger partial charge in [-0.2, -0.15) is 0 Å². The van der Waals surface area contributed by atoms with E-state index in [1.807, 2.05) is 6.92 Å². The standard InChI is InChI=1S/C8H7ClFSi/c1-5(11)6-2-3-7(9)8(10)4-6/h2-5H,1H3. The van der Waals surface area contributed by atoms with Crippen LogP contribution in [0.5, 0.6) is 0 Å². The second-order valence-electron chi connectivity index (χ2n) is 2.40. The zero-order valence-corrected chi connectivity index (χ0v) is 7.82. The van der Waals surface area contributed by atoms with Crippen LogP contribution in [0, 0.1) is 5.82 Å². The molecule has 3 radical (unpaired) electrons. The fraction of sp³-hybridized carbons (Fsp3) is 0.250. The maximum atomic E-state index is 12.8. The summed E-state index contributed by atoms with van der Waals surface area (Å²) in [6.07, 6.45) is 0. The maximum Gasteiger partial charge on any atom is 0.142 e. The van der Waals surface area contributed by atoms with Gasteiger partial charge in [0.2, 0.25) is 0 Å². The van der Waals surface area contributed by atoms with E-state index in [0.29, 0.717) is 0 Å². The van der Waals surface area contributed by atoms with Gasteiger partial charge in [-0.3, -0.25) is 0 Å². The molecule has 0 saturated carbocycles. The second-order valence-corrected chi connectivity index (χ2v) is 3.67. The highest BCUT2D eigenvalue weighted by Gasteiger charge is 2.03. The monoisotopic (exact) mass is 185 g/mol. The molecule has 1 aromatic carbocycles. The fourth-order valence-corrected chi connectivity index (χ4v) is 1.08. The van der Waals surface area contributed by atoms with E-state index in [4.69, 9.17) is 11.6 Å². The summed E-state index contributed by atoms with van der Waals surface area (Å²) >= 11 is 5.49. The van der Waals surface area contributed by atoms with Crippen molar-refractivity contribution >= 4 is 21.8 Å². The predicted molar refractivity (Wildman–Crippen MR) is 45.6 cm³/mol. The van der Waals surface area contributed by atoms with Gasteiger partial charge in [0.25, 0.3) is 0 Å². The summed E-state index contributed by atoms with van der Waals surface area (Å²) in [6.45, 7) is 1.93. The van der Waals surface area contributed by atoms with Crippen LogP contribution < -0.4 is 0 Å². The fourth-order valence-electron chi connectivity index (χ4n) is 0.782. The van der Waals surface area contributed by atoms with E-state index in [2.05, 4.69) is 10.2 Å². The van der Waals surface area contributed by atoms with E-state index in [1.165, 1.54) is 6.07 Å². The molecule has 0 heterocycles. The van der Waals surface area contributed by atoms with Crippen molar-refractivity contribution in [3.8, 4) is 0 Å². The minimum Gasteiger partial charge on any atom is -0.205 e. The molecule has 1 unspecified atom stereocenters. The van der Waals surface area contributed by atoms with E-state index in [-0.39, 0.29) is 16.4 Å². The molecule has 0 N–H and O–H groups in total. The highest BCUT2D eigenvalue weighted by Crippen LogP contribution is 2.19. The van der Waals surface area contributed by atoms with Crippen LogP contribution in [0.4, 0.5) is 4.39 Å². The Morgan fingerprint density at radius 3 is 2.64 bits per heavy atom. The Morgan fingerprint density at radius 1 is 1.55 bits per heavy atom. The van der Waals surface area contributed by atoms with Crippen molar-refractivity contribution in [3.63, 3.8) is 0 Å². The normalized spacial score (nSPS) is 13.1. The van der Waals surface area contributed by atoms with Crippen LogP contribution >= 0.6 is 11.6 Å². The Hall–Kier alpha value is -0.343. The van der Waals surface area contributed by atoms with Gasteiger partial charge in [0, 0.05) is 10.2 Å². The molecule has 1 rings (SSSR count). The molecule has 1 atom stereocenters.